The SMILES string of the molecule is O=C(NSC(F)(F)F)NC(C(=O)O)c1ccccc1. The summed E-state index contributed by atoms with van der Waals surface area (Å²) < 4.78 is 37.0. The predicted molar refractivity (Wildman–Crippen MR) is 62.1 cm³/mol. The Bertz CT molecular complexity index is 453. The minimum atomic E-state index is -4.64. The van der Waals surface area contributed by atoms with Crippen LogP contribution in [-0.4, -0.2) is 22.6 Å². The van der Waals surface area contributed by atoms with Crippen LogP contribution in [0.15, 0.2) is 30.3 Å². The molecule has 0 aliphatic heterocycles. The van der Waals surface area contributed by atoms with Gasteiger partial charge >= 0.3 is 17.5 Å². The van der Waals surface area contributed by atoms with Gasteiger partial charge in [-0.15, -0.1) is 0 Å². The number of benzene rings is 1. The van der Waals surface area contributed by atoms with E-state index in [1.54, 1.807) is 18.2 Å². The molecule has 1 atom stereocenters. The molecule has 9 heteroatoms. The minimum absolute atomic E-state index is 0.252. The Morgan fingerprint density at radius 2 is 1.79 bits per heavy atom. The predicted octanol–water partition coefficient (Wildman–Crippen LogP) is 2.28. The molecule has 0 saturated heterocycles. The first-order chi connectivity index (χ1) is 8.79. The van der Waals surface area contributed by atoms with Gasteiger partial charge in [-0.1, -0.05) is 30.3 Å². The van der Waals surface area contributed by atoms with Crippen molar-refractivity contribution in [2.75, 3.05) is 0 Å². The minimum Gasteiger partial charge on any atom is -0.479 e. The maximum absolute atomic E-state index is 11.8. The Balaban J connectivity index is 2.65. The van der Waals surface area contributed by atoms with Crippen LogP contribution in [0.2, 0.25) is 0 Å². The van der Waals surface area contributed by atoms with E-state index in [1.807, 2.05) is 5.32 Å². The summed E-state index contributed by atoms with van der Waals surface area (Å²) in [6, 6.07) is 4.96. The zero-order valence-corrected chi connectivity index (χ0v) is 10.1. The van der Waals surface area contributed by atoms with Gasteiger partial charge in [0.1, 0.15) is 0 Å². The maximum atomic E-state index is 11.8. The zero-order chi connectivity index (χ0) is 14.5. The van der Waals surface area contributed by atoms with Gasteiger partial charge in [-0.3, -0.25) is 4.72 Å². The van der Waals surface area contributed by atoms with Crippen LogP contribution < -0.4 is 10.0 Å². The molecule has 19 heavy (non-hydrogen) atoms. The summed E-state index contributed by atoms with van der Waals surface area (Å²) in [5.41, 5.74) is -4.38. The van der Waals surface area contributed by atoms with Crippen molar-refractivity contribution in [1.82, 2.24) is 10.0 Å². The number of amides is 2. The van der Waals surface area contributed by atoms with Gasteiger partial charge in [0.05, 0.1) is 11.9 Å². The topological polar surface area (TPSA) is 78.4 Å². The molecule has 0 aliphatic rings. The summed E-state index contributed by atoms with van der Waals surface area (Å²) in [7, 11) is 0. The molecule has 0 bridgehead atoms. The molecule has 0 radical (unpaired) electrons. The normalized spacial score (nSPS) is 12.6. The number of hydrogen-bond donors (Lipinski definition) is 3. The van der Waals surface area contributed by atoms with Crippen LogP contribution in [0.1, 0.15) is 11.6 Å². The molecule has 0 fully saturated rings. The monoisotopic (exact) mass is 294 g/mol. The maximum Gasteiger partial charge on any atom is 0.461 e. The molecule has 3 N–H and O–H groups in total. The lowest BCUT2D eigenvalue weighted by atomic mass is 10.1. The smallest absolute Gasteiger partial charge is 0.461 e. The van der Waals surface area contributed by atoms with Gasteiger partial charge in [-0.05, 0) is 5.56 Å². The van der Waals surface area contributed by atoms with Crippen LogP contribution in [0.25, 0.3) is 0 Å². The van der Waals surface area contributed by atoms with Gasteiger partial charge in [0.15, 0.2) is 6.04 Å². The molecule has 0 heterocycles. The Hall–Kier alpha value is -1.90. The third-order valence-electron chi connectivity index (χ3n) is 1.91. The van der Waals surface area contributed by atoms with Gasteiger partial charge in [-0.25, -0.2) is 9.59 Å². The van der Waals surface area contributed by atoms with Crippen molar-refractivity contribution in [1.29, 1.82) is 0 Å². The number of carboxylic acids is 1. The van der Waals surface area contributed by atoms with Crippen molar-refractivity contribution in [2.45, 2.75) is 11.6 Å². The summed E-state index contributed by atoms with van der Waals surface area (Å²) >= 11 is -0.764. The molecule has 0 aliphatic carbocycles. The Labute approximate surface area is 110 Å². The van der Waals surface area contributed by atoms with E-state index in [4.69, 9.17) is 5.11 Å². The van der Waals surface area contributed by atoms with Crippen LogP contribution in [-0.2, 0) is 4.79 Å². The van der Waals surface area contributed by atoms with Crippen LogP contribution in [0.3, 0.4) is 0 Å². The number of urea groups is 1. The van der Waals surface area contributed by atoms with Gasteiger partial charge in [-0.2, -0.15) is 13.2 Å². The van der Waals surface area contributed by atoms with E-state index in [0.29, 0.717) is 0 Å². The molecule has 1 unspecified atom stereocenters. The molecular weight excluding hydrogens is 285 g/mol. The quantitative estimate of drug-likeness (QED) is 0.744. The average Bonchev–Trinajstić information content (AvgIpc) is 2.33. The van der Waals surface area contributed by atoms with Gasteiger partial charge in [0, 0.05) is 0 Å². The fraction of sp³-hybridized carbons (Fsp3) is 0.200. The molecule has 1 aromatic rings. The highest BCUT2D eigenvalue weighted by atomic mass is 32.2. The fourth-order valence-corrected chi connectivity index (χ4v) is 1.47. The van der Waals surface area contributed by atoms with E-state index < -0.39 is 35.5 Å². The third-order valence-corrected chi connectivity index (χ3v) is 2.43. The first-order valence-corrected chi connectivity index (χ1v) is 5.70. The van der Waals surface area contributed by atoms with Crippen molar-refractivity contribution in [3.63, 3.8) is 0 Å². The number of alkyl halides is 3. The van der Waals surface area contributed by atoms with E-state index >= 15 is 0 Å². The largest absolute Gasteiger partial charge is 0.479 e. The highest BCUT2D eigenvalue weighted by molar-refractivity contribution is 7.98. The summed E-state index contributed by atoms with van der Waals surface area (Å²) in [4.78, 5) is 22.1. The van der Waals surface area contributed by atoms with Crippen LogP contribution in [0.5, 0.6) is 0 Å². The van der Waals surface area contributed by atoms with E-state index in [2.05, 4.69) is 0 Å². The van der Waals surface area contributed by atoms with E-state index in [-0.39, 0.29) is 5.56 Å². The molecule has 0 saturated carbocycles. The molecular formula is C10H9F3N2O3S. The third kappa shape index (κ3) is 5.51. The van der Waals surface area contributed by atoms with Gasteiger partial charge in [0.25, 0.3) is 0 Å². The van der Waals surface area contributed by atoms with Gasteiger partial charge < -0.3 is 10.4 Å². The second-order valence-corrected chi connectivity index (χ2v) is 4.18. The zero-order valence-electron chi connectivity index (χ0n) is 9.27. The Morgan fingerprint density at radius 3 is 2.26 bits per heavy atom. The Morgan fingerprint density at radius 1 is 1.21 bits per heavy atom. The molecule has 5 nitrogen and oxygen atoms in total. The lowest BCUT2D eigenvalue weighted by Gasteiger charge is -2.15. The Kier molecular flexibility index (Phi) is 5.04. The summed E-state index contributed by atoms with van der Waals surface area (Å²) in [5.74, 6) is -1.38. The second-order valence-electron chi connectivity index (χ2n) is 3.31. The van der Waals surface area contributed by atoms with Crippen molar-refractivity contribution in [2.24, 2.45) is 0 Å². The fourth-order valence-electron chi connectivity index (χ4n) is 1.20. The van der Waals surface area contributed by atoms with Gasteiger partial charge in [0.2, 0.25) is 0 Å². The molecule has 104 valence electrons. The number of nitrogens with one attached hydrogen (secondary N) is 2. The highest BCUT2D eigenvalue weighted by Gasteiger charge is 2.31. The number of hydrogen-bond acceptors (Lipinski definition) is 3. The highest BCUT2D eigenvalue weighted by Crippen LogP contribution is 2.27. The first kappa shape index (κ1) is 15.2. The lowest BCUT2D eigenvalue weighted by molar-refractivity contribution is -0.139. The number of carbonyl (C=O) groups is 2. The standard InChI is InChI=1S/C10H9F3N2O3S/c11-10(12,13)19-15-9(18)14-7(8(16)17)6-4-2-1-3-5-6/h1-5,7H,(H,16,17)(H2,14,15,18). The van der Waals surface area contributed by atoms with Crippen molar-refractivity contribution < 1.29 is 27.9 Å². The number of carbonyl (C=O) groups excluding carboxylic acids is 1. The number of halogens is 3. The van der Waals surface area contributed by atoms with Crippen LogP contribution >= 0.6 is 11.9 Å². The van der Waals surface area contributed by atoms with E-state index in [0.717, 1.165) is 0 Å². The molecule has 0 aromatic heterocycles. The summed E-state index contributed by atoms with van der Waals surface area (Å²) in [6.45, 7) is 0. The van der Waals surface area contributed by atoms with Crippen LogP contribution in [0.4, 0.5) is 18.0 Å². The number of aliphatic carboxylic acids is 1. The van der Waals surface area contributed by atoms with Crippen molar-refractivity contribution in [3.05, 3.63) is 35.9 Å². The first-order valence-electron chi connectivity index (χ1n) is 4.88. The number of carboxylic acid groups (broad SMARTS) is 1. The van der Waals surface area contributed by atoms with Crippen molar-refractivity contribution in [3.8, 4) is 0 Å². The summed E-state index contributed by atoms with van der Waals surface area (Å²) in [5, 5.41) is 10.9. The van der Waals surface area contributed by atoms with Crippen LogP contribution in [0, 0.1) is 0 Å². The summed E-state index contributed by atoms with van der Waals surface area (Å²) in [6.07, 6.45) is 0. The van der Waals surface area contributed by atoms with Crippen molar-refractivity contribution >= 4 is 23.9 Å². The van der Waals surface area contributed by atoms with E-state index in [1.165, 1.54) is 16.9 Å². The van der Waals surface area contributed by atoms with E-state index in [9.17, 15) is 22.8 Å². The molecule has 2 amide bonds. The lowest BCUT2D eigenvalue weighted by Crippen LogP contribution is -2.39. The average molecular weight is 294 g/mol. The number of rotatable bonds is 4. The molecule has 0 spiro atoms. The molecule has 1 rings (SSSR count). The molecule has 1 aromatic carbocycles. The second kappa shape index (κ2) is 6.32.